The number of nitrogens with one attached hydrogen (secondary N) is 4. The van der Waals surface area contributed by atoms with Gasteiger partial charge in [0.25, 0.3) is 5.91 Å². The number of hydrogen-bond acceptors (Lipinski definition) is 7. The Hall–Kier alpha value is -3.52. The highest BCUT2D eigenvalue weighted by molar-refractivity contribution is 6.00. The van der Waals surface area contributed by atoms with E-state index in [9.17, 15) is 4.79 Å². The number of rotatable bonds is 6. The van der Waals surface area contributed by atoms with Gasteiger partial charge in [0.15, 0.2) is 0 Å². The monoisotopic (exact) mass is 457 g/mol. The van der Waals surface area contributed by atoms with Gasteiger partial charge in [-0.05, 0) is 55.1 Å². The first-order valence-electron chi connectivity index (χ1n) is 11.9. The van der Waals surface area contributed by atoms with Crippen LogP contribution in [-0.4, -0.2) is 33.4 Å². The van der Waals surface area contributed by atoms with E-state index in [1.807, 2.05) is 12.1 Å². The van der Waals surface area contributed by atoms with E-state index in [0.717, 1.165) is 43.9 Å². The number of nitrogens with zero attached hydrogens (tertiary/aromatic N) is 3. The topological polar surface area (TPSA) is 104 Å². The Balaban J connectivity index is 1.44. The molecule has 1 amide bonds. The largest absolute Gasteiger partial charge is 0.349 e. The van der Waals surface area contributed by atoms with Gasteiger partial charge in [0.1, 0.15) is 17.5 Å². The molecule has 34 heavy (non-hydrogen) atoms. The second-order valence-electron chi connectivity index (χ2n) is 10.0. The maximum atomic E-state index is 12.9. The summed E-state index contributed by atoms with van der Waals surface area (Å²) in [5.41, 5.74) is 4.59. The molecular formula is C26H31N7O. The van der Waals surface area contributed by atoms with E-state index in [1.165, 1.54) is 11.1 Å². The molecule has 2 aliphatic rings. The van der Waals surface area contributed by atoms with E-state index in [0.29, 0.717) is 22.9 Å². The summed E-state index contributed by atoms with van der Waals surface area (Å²) in [4.78, 5) is 26.5. The number of hydrogen-bond donors (Lipinski definition) is 4. The molecule has 0 radical (unpaired) electrons. The predicted molar refractivity (Wildman–Crippen MR) is 134 cm³/mol. The van der Waals surface area contributed by atoms with Gasteiger partial charge in [-0.15, -0.1) is 0 Å². The minimum atomic E-state index is -0.184. The molecule has 1 aromatic carbocycles. The zero-order valence-electron chi connectivity index (χ0n) is 19.9. The van der Waals surface area contributed by atoms with Gasteiger partial charge in [0.2, 0.25) is 0 Å². The average Bonchev–Trinajstić information content (AvgIpc) is 3.63. The van der Waals surface area contributed by atoms with Crippen LogP contribution in [0.2, 0.25) is 0 Å². The van der Waals surface area contributed by atoms with Crippen molar-refractivity contribution in [3.05, 3.63) is 65.2 Å². The van der Waals surface area contributed by atoms with Crippen molar-refractivity contribution >= 4 is 28.9 Å². The highest BCUT2D eigenvalue weighted by atomic mass is 16.1. The molecule has 5 rings (SSSR count). The van der Waals surface area contributed by atoms with Gasteiger partial charge < -0.3 is 21.3 Å². The molecule has 4 N–H and O–H groups in total. The van der Waals surface area contributed by atoms with Gasteiger partial charge >= 0.3 is 0 Å². The van der Waals surface area contributed by atoms with E-state index >= 15 is 0 Å². The molecule has 0 unspecified atom stereocenters. The van der Waals surface area contributed by atoms with E-state index in [4.69, 9.17) is 0 Å². The fourth-order valence-electron chi connectivity index (χ4n) is 3.93. The fraction of sp³-hybridized carbons (Fsp3) is 0.385. The molecule has 8 heteroatoms. The number of benzene rings is 1. The van der Waals surface area contributed by atoms with Crippen LogP contribution in [0.15, 0.2) is 42.7 Å². The van der Waals surface area contributed by atoms with Gasteiger partial charge in [-0.2, -0.15) is 0 Å². The number of carbonyl (C=O) groups excluding carboxylic acids is 1. The molecule has 176 valence electrons. The third kappa shape index (κ3) is 5.17. The third-order valence-corrected chi connectivity index (χ3v) is 6.02. The van der Waals surface area contributed by atoms with Crippen LogP contribution in [0.25, 0.3) is 0 Å². The lowest BCUT2D eigenvalue weighted by molar-refractivity contribution is 0.0951. The van der Waals surface area contributed by atoms with Crippen LogP contribution in [0.4, 0.5) is 23.0 Å². The molecular weight excluding hydrogens is 426 g/mol. The van der Waals surface area contributed by atoms with E-state index in [2.05, 4.69) is 75.2 Å². The molecule has 0 saturated heterocycles. The Bertz CT molecular complexity index is 1210. The lowest BCUT2D eigenvalue weighted by Crippen LogP contribution is -2.26. The van der Waals surface area contributed by atoms with Crippen molar-refractivity contribution in [2.45, 2.75) is 58.0 Å². The predicted octanol–water partition coefficient (Wildman–Crippen LogP) is 4.19. The molecule has 1 fully saturated rings. The summed E-state index contributed by atoms with van der Waals surface area (Å²) in [5, 5.41) is 13.2. The number of amides is 1. The molecule has 1 aliphatic carbocycles. The number of anilines is 4. The fourth-order valence-corrected chi connectivity index (χ4v) is 3.93. The molecule has 0 bridgehead atoms. The smallest absolute Gasteiger partial charge is 0.255 e. The number of fused-ring (bicyclic) bond motifs is 1. The molecule has 0 atom stereocenters. The lowest BCUT2D eigenvalue weighted by Gasteiger charge is -2.19. The van der Waals surface area contributed by atoms with Crippen molar-refractivity contribution in [2.75, 3.05) is 17.2 Å². The minimum Gasteiger partial charge on any atom is -0.349 e. The second kappa shape index (κ2) is 9.02. The van der Waals surface area contributed by atoms with Crippen LogP contribution in [0.3, 0.4) is 0 Å². The second-order valence-corrected chi connectivity index (χ2v) is 10.0. The Morgan fingerprint density at radius 2 is 1.88 bits per heavy atom. The van der Waals surface area contributed by atoms with Crippen LogP contribution in [-0.2, 0) is 18.4 Å². The molecule has 3 heterocycles. The molecule has 0 spiro atoms. The summed E-state index contributed by atoms with van der Waals surface area (Å²) in [6, 6.07) is 10.3. The first-order chi connectivity index (χ1) is 16.3. The first kappa shape index (κ1) is 22.3. The van der Waals surface area contributed by atoms with Crippen LogP contribution in [0, 0.1) is 0 Å². The van der Waals surface area contributed by atoms with Crippen molar-refractivity contribution in [3.8, 4) is 0 Å². The van der Waals surface area contributed by atoms with E-state index in [-0.39, 0.29) is 17.4 Å². The van der Waals surface area contributed by atoms with Crippen LogP contribution < -0.4 is 21.3 Å². The van der Waals surface area contributed by atoms with Crippen LogP contribution in [0.1, 0.15) is 60.9 Å². The molecule has 1 aliphatic heterocycles. The Morgan fingerprint density at radius 3 is 2.68 bits per heavy atom. The Labute approximate surface area is 200 Å². The summed E-state index contributed by atoms with van der Waals surface area (Å²) < 4.78 is 0. The van der Waals surface area contributed by atoms with Gasteiger partial charge in [-0.1, -0.05) is 26.8 Å². The summed E-state index contributed by atoms with van der Waals surface area (Å²) in [6.45, 7) is 8.10. The summed E-state index contributed by atoms with van der Waals surface area (Å²) in [6.07, 6.45) is 6.45. The van der Waals surface area contributed by atoms with E-state index < -0.39 is 0 Å². The molecule has 2 aromatic heterocycles. The number of aromatic nitrogens is 3. The summed E-state index contributed by atoms with van der Waals surface area (Å²) in [7, 11) is 0. The average molecular weight is 458 g/mol. The Kier molecular flexibility index (Phi) is 5.91. The van der Waals surface area contributed by atoms with Crippen LogP contribution >= 0.6 is 0 Å². The molecule has 1 saturated carbocycles. The number of pyridine rings is 1. The summed E-state index contributed by atoms with van der Waals surface area (Å²) >= 11 is 0. The maximum Gasteiger partial charge on any atom is 0.255 e. The maximum absolute atomic E-state index is 12.9. The SMILES string of the molecule is CC(C)(C)c1nccc(Nc2cc(Nc3ccc4c(c3)CNCC4)ncc2C(=O)NC2CC2)n1. The lowest BCUT2D eigenvalue weighted by atomic mass is 9.96. The van der Waals surface area contributed by atoms with Gasteiger partial charge in [-0.25, -0.2) is 15.0 Å². The van der Waals surface area contributed by atoms with Crippen molar-refractivity contribution in [2.24, 2.45) is 0 Å². The quantitative estimate of drug-likeness (QED) is 0.440. The van der Waals surface area contributed by atoms with Gasteiger partial charge in [0.05, 0.1) is 11.3 Å². The Morgan fingerprint density at radius 1 is 1.03 bits per heavy atom. The van der Waals surface area contributed by atoms with Gasteiger partial charge in [-0.3, -0.25) is 4.79 Å². The van der Waals surface area contributed by atoms with Crippen molar-refractivity contribution in [1.82, 2.24) is 25.6 Å². The molecule has 3 aromatic rings. The van der Waals surface area contributed by atoms with Crippen molar-refractivity contribution in [1.29, 1.82) is 0 Å². The zero-order chi connectivity index (χ0) is 23.7. The molecule has 8 nitrogen and oxygen atoms in total. The van der Waals surface area contributed by atoms with E-state index in [1.54, 1.807) is 12.4 Å². The van der Waals surface area contributed by atoms with Crippen molar-refractivity contribution in [3.63, 3.8) is 0 Å². The minimum absolute atomic E-state index is 0.131. The van der Waals surface area contributed by atoms with Crippen molar-refractivity contribution < 1.29 is 4.79 Å². The third-order valence-electron chi connectivity index (χ3n) is 6.02. The van der Waals surface area contributed by atoms with Gasteiger partial charge in [0, 0.05) is 42.1 Å². The highest BCUT2D eigenvalue weighted by Gasteiger charge is 2.25. The van der Waals surface area contributed by atoms with Crippen LogP contribution in [0.5, 0.6) is 0 Å². The zero-order valence-corrected chi connectivity index (χ0v) is 19.9. The number of carbonyl (C=O) groups is 1. The standard InChI is InChI=1S/C26H31N7O/c1-26(2,3)25-28-11-9-22(33-25)32-21-13-23(29-15-20(21)24(34)31-18-6-7-18)30-19-5-4-16-8-10-27-14-17(16)12-19/h4-5,9,11-13,15,18,27H,6-8,10,14H2,1-3H3,(H,31,34)(H2,28,29,30,32,33). The highest BCUT2D eigenvalue weighted by Crippen LogP contribution is 2.28. The first-order valence-corrected chi connectivity index (χ1v) is 11.9. The normalized spacial score (nSPS) is 15.4. The summed E-state index contributed by atoms with van der Waals surface area (Å²) in [5.74, 6) is 1.89.